The summed E-state index contributed by atoms with van der Waals surface area (Å²) in [5.74, 6) is -0.606. The second-order valence-electron chi connectivity index (χ2n) is 4.88. The number of rotatable bonds is 2. The third-order valence-corrected chi connectivity index (χ3v) is 3.55. The van der Waals surface area contributed by atoms with Crippen LogP contribution in [0.15, 0.2) is 24.3 Å². The fourth-order valence-electron chi connectivity index (χ4n) is 2.36. The van der Waals surface area contributed by atoms with E-state index >= 15 is 0 Å². The van der Waals surface area contributed by atoms with Crippen molar-refractivity contribution in [3.05, 3.63) is 35.6 Å². The van der Waals surface area contributed by atoms with Crippen molar-refractivity contribution >= 4 is 11.8 Å². The summed E-state index contributed by atoms with van der Waals surface area (Å²) in [6.07, 6.45) is 0. The number of benzene rings is 1. The van der Waals surface area contributed by atoms with E-state index in [4.69, 9.17) is 0 Å². The number of hydrogen-bond acceptors (Lipinski definition) is 2. The zero-order valence-electron chi connectivity index (χ0n) is 11.2. The molecule has 1 fully saturated rings. The van der Waals surface area contributed by atoms with E-state index in [0.29, 0.717) is 0 Å². The molecule has 1 N–H and O–H groups in total. The van der Waals surface area contributed by atoms with Crippen LogP contribution in [0.25, 0.3) is 0 Å². The molecule has 1 aliphatic heterocycles. The number of carbonyl (C=O) groups excluding carboxylic acids is 2. The second-order valence-corrected chi connectivity index (χ2v) is 4.88. The molecule has 1 saturated heterocycles. The maximum Gasteiger partial charge on any atom is 0.246 e. The number of amides is 2. The highest BCUT2D eigenvalue weighted by molar-refractivity contribution is 5.96. The third-order valence-electron chi connectivity index (χ3n) is 3.55. The minimum Gasteiger partial charge on any atom is -0.343 e. The van der Waals surface area contributed by atoms with Crippen molar-refractivity contribution in [3.63, 3.8) is 0 Å². The highest BCUT2D eigenvalue weighted by atomic mass is 19.1. The molecular formula is C14H17FN2O2. The predicted molar refractivity (Wildman–Crippen MR) is 68.7 cm³/mol. The highest BCUT2D eigenvalue weighted by Gasteiger charge is 2.38. The molecule has 0 aromatic heterocycles. The van der Waals surface area contributed by atoms with Crippen LogP contribution in [-0.2, 0) is 9.59 Å². The summed E-state index contributed by atoms with van der Waals surface area (Å²) >= 11 is 0. The van der Waals surface area contributed by atoms with Crippen molar-refractivity contribution in [2.24, 2.45) is 0 Å². The van der Waals surface area contributed by atoms with Crippen molar-refractivity contribution in [2.45, 2.75) is 38.9 Å². The third kappa shape index (κ3) is 2.45. The zero-order chi connectivity index (χ0) is 14.2. The summed E-state index contributed by atoms with van der Waals surface area (Å²) in [6.45, 7) is 5.20. The molecule has 5 heteroatoms. The Balaban J connectivity index is 2.30. The molecular weight excluding hydrogens is 247 g/mol. The molecule has 0 aliphatic carbocycles. The molecule has 2 amide bonds. The first-order valence-corrected chi connectivity index (χ1v) is 6.30. The molecule has 0 bridgehead atoms. The van der Waals surface area contributed by atoms with Gasteiger partial charge in [0.25, 0.3) is 0 Å². The Morgan fingerprint density at radius 1 is 1.21 bits per heavy atom. The van der Waals surface area contributed by atoms with Crippen molar-refractivity contribution in [2.75, 3.05) is 0 Å². The molecule has 0 radical (unpaired) electrons. The van der Waals surface area contributed by atoms with E-state index in [-0.39, 0.29) is 23.7 Å². The van der Waals surface area contributed by atoms with Crippen LogP contribution in [0, 0.1) is 5.82 Å². The smallest absolute Gasteiger partial charge is 0.246 e. The molecule has 102 valence electrons. The lowest BCUT2D eigenvalue weighted by molar-refractivity contribution is -0.150. The molecule has 4 nitrogen and oxygen atoms in total. The van der Waals surface area contributed by atoms with Crippen LogP contribution in [0.4, 0.5) is 4.39 Å². The molecule has 1 heterocycles. The van der Waals surface area contributed by atoms with Gasteiger partial charge >= 0.3 is 0 Å². The molecule has 3 atom stereocenters. The van der Waals surface area contributed by atoms with Gasteiger partial charge in [0.1, 0.15) is 17.9 Å². The van der Waals surface area contributed by atoms with E-state index in [1.54, 1.807) is 30.9 Å². The van der Waals surface area contributed by atoms with E-state index in [1.165, 1.54) is 12.1 Å². The van der Waals surface area contributed by atoms with Crippen molar-refractivity contribution in [3.8, 4) is 0 Å². The Labute approximate surface area is 111 Å². The number of nitrogens with zero attached hydrogens (tertiary/aromatic N) is 1. The normalized spacial score (nSPS) is 25.2. The fourth-order valence-corrected chi connectivity index (χ4v) is 2.36. The standard InChI is InChI=1S/C14H17FN2O2/c1-8-14(19)17(10(3)13(18)16-8)9(2)11-4-6-12(15)7-5-11/h4-10H,1-3H3,(H,16,18). The molecule has 3 unspecified atom stereocenters. The van der Waals surface area contributed by atoms with Gasteiger partial charge in [-0.1, -0.05) is 12.1 Å². The van der Waals surface area contributed by atoms with Gasteiger partial charge in [0.15, 0.2) is 0 Å². The van der Waals surface area contributed by atoms with Gasteiger partial charge in [-0.25, -0.2) is 4.39 Å². The second kappa shape index (κ2) is 4.99. The summed E-state index contributed by atoms with van der Waals surface area (Å²) < 4.78 is 12.9. The van der Waals surface area contributed by atoms with E-state index in [0.717, 1.165) is 5.56 Å². The Morgan fingerprint density at radius 3 is 2.37 bits per heavy atom. The Morgan fingerprint density at radius 2 is 1.79 bits per heavy atom. The highest BCUT2D eigenvalue weighted by Crippen LogP contribution is 2.25. The van der Waals surface area contributed by atoms with Gasteiger partial charge in [-0.15, -0.1) is 0 Å². The minimum absolute atomic E-state index is 0.121. The number of hydrogen-bond donors (Lipinski definition) is 1. The van der Waals surface area contributed by atoms with Crippen molar-refractivity contribution in [1.29, 1.82) is 0 Å². The molecule has 2 rings (SSSR count). The SMILES string of the molecule is CC1NC(=O)C(C)N(C(C)c2ccc(F)cc2)C1=O. The summed E-state index contributed by atoms with van der Waals surface area (Å²) in [6, 6.07) is 4.67. The van der Waals surface area contributed by atoms with Crippen molar-refractivity contribution in [1.82, 2.24) is 10.2 Å². The topological polar surface area (TPSA) is 49.4 Å². The summed E-state index contributed by atoms with van der Waals surface area (Å²) in [7, 11) is 0. The molecule has 1 aliphatic rings. The van der Waals surface area contributed by atoms with E-state index in [2.05, 4.69) is 5.32 Å². The average molecular weight is 264 g/mol. The maximum absolute atomic E-state index is 12.9. The zero-order valence-corrected chi connectivity index (χ0v) is 11.2. The van der Waals surface area contributed by atoms with Gasteiger partial charge in [-0.3, -0.25) is 9.59 Å². The van der Waals surface area contributed by atoms with Gasteiger partial charge in [-0.2, -0.15) is 0 Å². The number of nitrogens with one attached hydrogen (secondary N) is 1. The lowest BCUT2D eigenvalue weighted by Crippen LogP contribution is -2.61. The molecule has 0 saturated carbocycles. The van der Waals surface area contributed by atoms with Crippen LogP contribution in [0.1, 0.15) is 32.4 Å². The first-order chi connectivity index (χ1) is 8.91. The number of carbonyl (C=O) groups is 2. The molecule has 1 aromatic carbocycles. The Bertz CT molecular complexity index is 501. The van der Waals surface area contributed by atoms with Gasteiger partial charge in [0.2, 0.25) is 11.8 Å². The van der Waals surface area contributed by atoms with Crippen LogP contribution < -0.4 is 5.32 Å². The Kier molecular flexibility index (Phi) is 3.55. The monoisotopic (exact) mass is 264 g/mol. The number of halogens is 1. The summed E-state index contributed by atoms with van der Waals surface area (Å²) in [5, 5.41) is 2.63. The van der Waals surface area contributed by atoms with Gasteiger partial charge < -0.3 is 10.2 Å². The van der Waals surface area contributed by atoms with Crippen LogP contribution in [-0.4, -0.2) is 28.8 Å². The molecule has 0 spiro atoms. The fraction of sp³-hybridized carbons (Fsp3) is 0.429. The van der Waals surface area contributed by atoms with Gasteiger partial charge in [-0.05, 0) is 38.5 Å². The number of piperazine rings is 1. The Hall–Kier alpha value is -1.91. The van der Waals surface area contributed by atoms with Gasteiger partial charge in [0.05, 0.1) is 6.04 Å². The maximum atomic E-state index is 12.9. The van der Waals surface area contributed by atoms with Gasteiger partial charge in [0, 0.05) is 0 Å². The largest absolute Gasteiger partial charge is 0.343 e. The van der Waals surface area contributed by atoms with Crippen LogP contribution in [0.5, 0.6) is 0 Å². The minimum atomic E-state index is -0.524. The van der Waals surface area contributed by atoms with Crippen LogP contribution >= 0.6 is 0 Å². The molecule has 1 aromatic rings. The van der Waals surface area contributed by atoms with Crippen molar-refractivity contribution < 1.29 is 14.0 Å². The quantitative estimate of drug-likeness (QED) is 0.882. The molecule has 19 heavy (non-hydrogen) atoms. The van der Waals surface area contributed by atoms with E-state index in [1.807, 2.05) is 6.92 Å². The summed E-state index contributed by atoms with van der Waals surface area (Å²) in [5.41, 5.74) is 0.809. The lowest BCUT2D eigenvalue weighted by atomic mass is 10.0. The van der Waals surface area contributed by atoms with Crippen LogP contribution in [0.3, 0.4) is 0 Å². The van der Waals surface area contributed by atoms with Crippen LogP contribution in [0.2, 0.25) is 0 Å². The first kappa shape index (κ1) is 13.5. The predicted octanol–water partition coefficient (Wildman–Crippen LogP) is 1.62. The first-order valence-electron chi connectivity index (χ1n) is 6.30. The lowest BCUT2D eigenvalue weighted by Gasteiger charge is -2.40. The average Bonchev–Trinajstić information content (AvgIpc) is 2.37. The van der Waals surface area contributed by atoms with E-state index < -0.39 is 12.1 Å². The van der Waals surface area contributed by atoms with E-state index in [9.17, 15) is 14.0 Å². The summed E-state index contributed by atoms with van der Waals surface area (Å²) in [4.78, 5) is 25.5.